The Morgan fingerprint density at radius 1 is 1.00 bits per heavy atom. The molecule has 2 fully saturated rings. The number of para-hydroxylation sites is 1. The molecule has 0 bridgehead atoms. The number of fused-ring (bicyclic) bond motifs is 1. The molecule has 3 aromatic rings. The van der Waals surface area contributed by atoms with Crippen molar-refractivity contribution < 1.29 is 18.0 Å². The number of anilines is 1. The molecular weight excluding hydrogens is 421 g/mol. The van der Waals surface area contributed by atoms with E-state index < -0.39 is 11.7 Å². The van der Waals surface area contributed by atoms with Crippen LogP contribution in [0.2, 0.25) is 0 Å². The summed E-state index contributed by atoms with van der Waals surface area (Å²) in [5.74, 6) is 0.487. The number of piperidine rings is 1. The predicted molar refractivity (Wildman–Crippen MR) is 110 cm³/mol. The number of carbonyl (C=O) groups is 1. The van der Waals surface area contributed by atoms with Crippen molar-refractivity contribution in [1.29, 1.82) is 0 Å². The number of hydrogen-bond acceptors (Lipinski definition) is 5. The molecule has 4 heterocycles. The van der Waals surface area contributed by atoms with E-state index in [0.29, 0.717) is 42.6 Å². The van der Waals surface area contributed by atoms with Crippen molar-refractivity contribution in [2.24, 2.45) is 5.92 Å². The van der Waals surface area contributed by atoms with Gasteiger partial charge < -0.3 is 9.80 Å². The summed E-state index contributed by atoms with van der Waals surface area (Å²) < 4.78 is 39.6. The van der Waals surface area contributed by atoms with Crippen LogP contribution in [-0.2, 0) is 6.18 Å². The maximum absolute atomic E-state index is 13.4. The highest BCUT2D eigenvalue weighted by atomic mass is 19.4. The average molecular weight is 442 g/mol. The molecule has 0 saturated carbocycles. The Bertz CT molecular complexity index is 1120. The minimum absolute atomic E-state index is 0.0707. The zero-order valence-electron chi connectivity index (χ0n) is 17.1. The van der Waals surface area contributed by atoms with Crippen LogP contribution < -0.4 is 4.90 Å². The van der Waals surface area contributed by atoms with Crippen molar-refractivity contribution >= 4 is 11.7 Å². The lowest BCUT2D eigenvalue weighted by molar-refractivity contribution is -0.137. The van der Waals surface area contributed by atoms with E-state index in [4.69, 9.17) is 0 Å². The number of halogens is 3. The molecule has 1 aromatic carbocycles. The van der Waals surface area contributed by atoms with Crippen LogP contribution in [0.25, 0.3) is 5.69 Å². The monoisotopic (exact) mass is 442 g/mol. The van der Waals surface area contributed by atoms with Crippen molar-refractivity contribution in [2.45, 2.75) is 25.1 Å². The summed E-state index contributed by atoms with van der Waals surface area (Å²) in [7, 11) is 0. The molecule has 2 saturated heterocycles. The van der Waals surface area contributed by atoms with Crippen LogP contribution in [-0.4, -0.2) is 56.5 Å². The minimum atomic E-state index is -4.42. The van der Waals surface area contributed by atoms with E-state index in [1.54, 1.807) is 35.5 Å². The Balaban J connectivity index is 1.40. The van der Waals surface area contributed by atoms with E-state index in [-0.39, 0.29) is 11.9 Å². The number of aromatic nitrogens is 4. The van der Waals surface area contributed by atoms with E-state index in [0.717, 1.165) is 25.0 Å². The second-order valence-corrected chi connectivity index (χ2v) is 8.09. The molecule has 166 valence electrons. The number of carbonyl (C=O) groups excluding carboxylic acids is 1. The molecule has 1 amide bonds. The fourth-order valence-electron chi connectivity index (χ4n) is 4.70. The Morgan fingerprint density at radius 3 is 2.53 bits per heavy atom. The molecule has 5 rings (SSSR count). The lowest BCUT2D eigenvalue weighted by atomic mass is 9.91. The maximum atomic E-state index is 13.4. The van der Waals surface area contributed by atoms with Gasteiger partial charge in [-0.2, -0.15) is 28.2 Å². The number of likely N-dealkylation sites (tertiary alicyclic amines) is 1. The first kappa shape index (κ1) is 20.5. The highest BCUT2D eigenvalue weighted by molar-refractivity contribution is 5.97. The smallest absolute Gasteiger partial charge is 0.352 e. The zero-order valence-corrected chi connectivity index (χ0v) is 17.1. The van der Waals surface area contributed by atoms with Gasteiger partial charge in [0, 0.05) is 25.8 Å². The number of hydrogen-bond donors (Lipinski definition) is 0. The van der Waals surface area contributed by atoms with Crippen LogP contribution in [0.4, 0.5) is 19.0 Å². The summed E-state index contributed by atoms with van der Waals surface area (Å²) in [6.07, 6.45) is 1.54. The third kappa shape index (κ3) is 3.69. The van der Waals surface area contributed by atoms with Crippen LogP contribution in [0.15, 0.2) is 55.0 Å². The van der Waals surface area contributed by atoms with Crippen molar-refractivity contribution in [1.82, 2.24) is 24.9 Å². The van der Waals surface area contributed by atoms with Crippen LogP contribution in [0.5, 0.6) is 0 Å². The molecule has 1 unspecified atom stereocenters. The summed E-state index contributed by atoms with van der Waals surface area (Å²) in [5, 5.41) is 8.27. The lowest BCUT2D eigenvalue weighted by Crippen LogP contribution is -2.50. The molecule has 2 atom stereocenters. The van der Waals surface area contributed by atoms with Gasteiger partial charge in [-0.05, 0) is 43.0 Å². The molecule has 10 heteroatoms. The molecule has 0 radical (unpaired) electrons. The van der Waals surface area contributed by atoms with E-state index in [9.17, 15) is 18.0 Å². The van der Waals surface area contributed by atoms with Gasteiger partial charge in [0.15, 0.2) is 0 Å². The van der Waals surface area contributed by atoms with Gasteiger partial charge in [-0.3, -0.25) is 4.79 Å². The van der Waals surface area contributed by atoms with E-state index in [1.807, 2.05) is 11.0 Å². The predicted octanol–water partition coefficient (Wildman–Crippen LogP) is 3.42. The minimum Gasteiger partial charge on any atom is -0.352 e. The lowest BCUT2D eigenvalue weighted by Gasteiger charge is -2.39. The highest BCUT2D eigenvalue weighted by Gasteiger charge is 2.41. The first-order valence-corrected chi connectivity index (χ1v) is 10.5. The Labute approximate surface area is 182 Å². The second-order valence-electron chi connectivity index (χ2n) is 8.09. The van der Waals surface area contributed by atoms with Crippen LogP contribution in [0, 0.1) is 5.92 Å². The third-order valence-corrected chi connectivity index (χ3v) is 6.29. The SMILES string of the molecule is O=C(c1ccccc1-n1nccn1)N1CCC2CCN(c3cc(C(F)(F)F)ccn3)[C@H]2C1. The standard InChI is InChI=1S/C22H21F3N6O/c23-22(24,25)16-5-8-26-20(13-16)30-12-7-15-6-11-29(14-19(15)30)21(32)17-3-1-2-4-18(17)31-27-9-10-28-31/h1-5,8-10,13,15,19H,6-7,11-12,14H2/t15?,19-/m0/s1. The summed E-state index contributed by atoms with van der Waals surface area (Å²) in [4.78, 5) is 22.7. The third-order valence-electron chi connectivity index (χ3n) is 6.29. The van der Waals surface area contributed by atoms with E-state index in [1.165, 1.54) is 11.0 Å². The number of benzene rings is 1. The largest absolute Gasteiger partial charge is 0.416 e. The number of rotatable bonds is 3. The molecule has 0 spiro atoms. The van der Waals surface area contributed by atoms with Gasteiger partial charge in [0.1, 0.15) is 5.82 Å². The first-order chi connectivity index (χ1) is 15.4. The molecule has 2 aliphatic heterocycles. The zero-order chi connectivity index (χ0) is 22.3. The fourth-order valence-corrected chi connectivity index (χ4v) is 4.70. The van der Waals surface area contributed by atoms with Crippen LogP contribution in [0.1, 0.15) is 28.8 Å². The molecule has 0 aliphatic carbocycles. The number of pyridine rings is 1. The first-order valence-electron chi connectivity index (χ1n) is 10.5. The summed E-state index contributed by atoms with van der Waals surface area (Å²) in [6, 6.07) is 9.15. The van der Waals surface area contributed by atoms with Crippen LogP contribution >= 0.6 is 0 Å². The number of alkyl halides is 3. The molecule has 7 nitrogen and oxygen atoms in total. The van der Waals surface area contributed by atoms with Gasteiger partial charge in [-0.1, -0.05) is 12.1 Å². The quantitative estimate of drug-likeness (QED) is 0.622. The Morgan fingerprint density at radius 2 is 1.75 bits per heavy atom. The molecule has 2 aromatic heterocycles. The van der Waals surface area contributed by atoms with Gasteiger partial charge in [0.05, 0.1) is 35.2 Å². The number of nitrogens with zero attached hydrogens (tertiary/aromatic N) is 6. The van der Waals surface area contributed by atoms with Gasteiger partial charge in [-0.15, -0.1) is 0 Å². The van der Waals surface area contributed by atoms with Gasteiger partial charge in [-0.25, -0.2) is 4.98 Å². The van der Waals surface area contributed by atoms with E-state index in [2.05, 4.69) is 15.2 Å². The van der Waals surface area contributed by atoms with Crippen molar-refractivity contribution in [3.05, 3.63) is 66.1 Å². The summed E-state index contributed by atoms with van der Waals surface area (Å²) >= 11 is 0. The average Bonchev–Trinajstić information content (AvgIpc) is 3.48. The van der Waals surface area contributed by atoms with Crippen molar-refractivity contribution in [2.75, 3.05) is 24.5 Å². The summed E-state index contributed by atoms with van der Waals surface area (Å²) in [6.45, 7) is 1.66. The van der Waals surface area contributed by atoms with Gasteiger partial charge in [0.25, 0.3) is 5.91 Å². The molecule has 32 heavy (non-hydrogen) atoms. The van der Waals surface area contributed by atoms with Crippen molar-refractivity contribution in [3.63, 3.8) is 0 Å². The van der Waals surface area contributed by atoms with Crippen molar-refractivity contribution in [3.8, 4) is 5.69 Å². The maximum Gasteiger partial charge on any atom is 0.416 e. The topological polar surface area (TPSA) is 67.2 Å². The highest BCUT2D eigenvalue weighted by Crippen LogP contribution is 2.37. The molecule has 2 aliphatic rings. The van der Waals surface area contributed by atoms with Gasteiger partial charge in [0.2, 0.25) is 0 Å². The normalized spacial score (nSPS) is 21.0. The fraction of sp³-hybridized carbons (Fsp3) is 0.364. The second kappa shape index (κ2) is 7.92. The van der Waals surface area contributed by atoms with Crippen LogP contribution in [0.3, 0.4) is 0 Å². The summed E-state index contributed by atoms with van der Waals surface area (Å²) in [5.41, 5.74) is 0.367. The van der Waals surface area contributed by atoms with E-state index >= 15 is 0 Å². The Hall–Kier alpha value is -3.43. The number of amides is 1. The Kier molecular flexibility index (Phi) is 5.07. The van der Waals surface area contributed by atoms with Gasteiger partial charge >= 0.3 is 6.18 Å². The molecular formula is C22H21F3N6O. The molecule has 0 N–H and O–H groups in total.